The summed E-state index contributed by atoms with van der Waals surface area (Å²) in [6.45, 7) is 4.53. The Balaban J connectivity index is 2.01. The molecule has 0 aromatic heterocycles. The molecule has 0 aliphatic carbocycles. The molecule has 2 aromatic rings. The summed E-state index contributed by atoms with van der Waals surface area (Å²) >= 11 is 0. The molecule has 0 atom stereocenters. The number of hydrogen-bond donors (Lipinski definition) is 1. The van der Waals surface area contributed by atoms with E-state index < -0.39 is 0 Å². The van der Waals surface area contributed by atoms with Crippen LogP contribution in [0.25, 0.3) is 0 Å². The van der Waals surface area contributed by atoms with Crippen molar-refractivity contribution in [3.63, 3.8) is 0 Å². The van der Waals surface area contributed by atoms with Crippen molar-refractivity contribution in [2.75, 3.05) is 42.3 Å². The lowest BCUT2D eigenvalue weighted by atomic mass is 10.1. The van der Waals surface area contributed by atoms with Crippen LogP contribution in [0.4, 0.5) is 22.7 Å². The van der Waals surface area contributed by atoms with Gasteiger partial charge in [0.15, 0.2) is 0 Å². The highest BCUT2D eigenvalue weighted by Crippen LogP contribution is 2.38. The van der Waals surface area contributed by atoms with Crippen LogP contribution in [0.3, 0.4) is 0 Å². The van der Waals surface area contributed by atoms with Gasteiger partial charge in [0.05, 0.1) is 23.7 Å². The van der Waals surface area contributed by atoms with Gasteiger partial charge in [-0.25, -0.2) is 0 Å². The number of nitrogens with two attached hydrogens (primary N) is 1. The monoisotopic (exact) mass is 283 g/mol. The second kappa shape index (κ2) is 5.56. The van der Waals surface area contributed by atoms with Crippen molar-refractivity contribution in [1.29, 1.82) is 0 Å². The Morgan fingerprint density at radius 3 is 2.62 bits per heavy atom. The predicted octanol–water partition coefficient (Wildman–Crippen LogP) is 3.26. The van der Waals surface area contributed by atoms with Gasteiger partial charge < -0.3 is 20.3 Å². The van der Waals surface area contributed by atoms with Gasteiger partial charge in [-0.2, -0.15) is 0 Å². The predicted molar refractivity (Wildman–Crippen MR) is 88.7 cm³/mol. The summed E-state index contributed by atoms with van der Waals surface area (Å²) < 4.78 is 5.62. The first-order valence-electron chi connectivity index (χ1n) is 7.30. The first-order chi connectivity index (χ1) is 10.2. The topological polar surface area (TPSA) is 41.7 Å². The smallest absolute Gasteiger partial charge is 0.144 e. The number of benzene rings is 2. The minimum atomic E-state index is 0.618. The van der Waals surface area contributed by atoms with E-state index in [1.165, 1.54) is 11.4 Å². The highest BCUT2D eigenvalue weighted by molar-refractivity contribution is 5.80. The number of ether oxygens (including phenoxy) is 1. The van der Waals surface area contributed by atoms with E-state index in [9.17, 15) is 0 Å². The molecule has 0 saturated carbocycles. The molecule has 2 N–H and O–H groups in total. The average Bonchev–Trinajstić information content (AvgIpc) is 2.51. The standard InChI is InChI=1S/C17H21N3O/c1-3-21-17-12-13(8-9-14(17)18)20-11-10-19(2)15-6-4-5-7-16(15)20/h4-9,12H,3,10-11,18H2,1-2H3. The van der Waals surface area contributed by atoms with Gasteiger partial charge >= 0.3 is 0 Å². The van der Waals surface area contributed by atoms with E-state index in [0.717, 1.165) is 24.5 Å². The van der Waals surface area contributed by atoms with Gasteiger partial charge in [-0.15, -0.1) is 0 Å². The van der Waals surface area contributed by atoms with Crippen LogP contribution in [-0.4, -0.2) is 26.7 Å². The maximum Gasteiger partial charge on any atom is 0.144 e. The van der Waals surface area contributed by atoms with E-state index in [0.29, 0.717) is 12.3 Å². The third kappa shape index (κ3) is 2.49. The zero-order valence-electron chi connectivity index (χ0n) is 12.5. The van der Waals surface area contributed by atoms with Crippen molar-refractivity contribution in [3.05, 3.63) is 42.5 Å². The van der Waals surface area contributed by atoms with Crippen LogP contribution in [0.2, 0.25) is 0 Å². The number of rotatable bonds is 3. The number of nitrogens with zero attached hydrogens (tertiary/aromatic N) is 2. The Morgan fingerprint density at radius 2 is 1.86 bits per heavy atom. The number of likely N-dealkylation sites (N-methyl/N-ethyl adjacent to an activating group) is 1. The fourth-order valence-electron chi connectivity index (χ4n) is 2.75. The van der Waals surface area contributed by atoms with Crippen molar-refractivity contribution in [2.24, 2.45) is 0 Å². The summed E-state index contributed by atoms with van der Waals surface area (Å²) in [6, 6.07) is 14.5. The zero-order valence-corrected chi connectivity index (χ0v) is 12.5. The second-order valence-corrected chi connectivity index (χ2v) is 5.22. The molecule has 0 radical (unpaired) electrons. The summed E-state index contributed by atoms with van der Waals surface area (Å²) in [5.41, 5.74) is 10.2. The van der Waals surface area contributed by atoms with Crippen molar-refractivity contribution < 1.29 is 4.74 Å². The van der Waals surface area contributed by atoms with Crippen LogP contribution in [0.15, 0.2) is 42.5 Å². The van der Waals surface area contributed by atoms with Crippen molar-refractivity contribution in [2.45, 2.75) is 6.92 Å². The molecule has 0 spiro atoms. The van der Waals surface area contributed by atoms with Crippen LogP contribution >= 0.6 is 0 Å². The molecular weight excluding hydrogens is 262 g/mol. The largest absolute Gasteiger partial charge is 0.492 e. The maximum absolute atomic E-state index is 5.97. The van der Waals surface area contributed by atoms with Gasteiger partial charge in [0.2, 0.25) is 0 Å². The van der Waals surface area contributed by atoms with Gasteiger partial charge in [0, 0.05) is 31.9 Å². The molecule has 21 heavy (non-hydrogen) atoms. The zero-order chi connectivity index (χ0) is 14.8. The molecule has 1 heterocycles. The molecule has 110 valence electrons. The Labute approximate surface area is 125 Å². The fraction of sp³-hybridized carbons (Fsp3) is 0.294. The minimum absolute atomic E-state index is 0.618. The lowest BCUT2D eigenvalue weighted by molar-refractivity contribution is 0.342. The van der Waals surface area contributed by atoms with E-state index in [1.54, 1.807) is 0 Å². The quantitative estimate of drug-likeness (QED) is 0.878. The molecule has 1 aliphatic rings. The Bertz CT molecular complexity index is 642. The van der Waals surface area contributed by atoms with E-state index in [2.05, 4.69) is 47.2 Å². The third-order valence-corrected chi connectivity index (χ3v) is 3.85. The van der Waals surface area contributed by atoms with Crippen molar-refractivity contribution in [3.8, 4) is 5.75 Å². The van der Waals surface area contributed by atoms with Gasteiger partial charge in [-0.3, -0.25) is 0 Å². The minimum Gasteiger partial charge on any atom is -0.492 e. The molecule has 0 bridgehead atoms. The normalized spacial score (nSPS) is 14.0. The van der Waals surface area contributed by atoms with E-state index in [1.807, 2.05) is 19.1 Å². The summed E-state index contributed by atoms with van der Waals surface area (Å²) in [7, 11) is 2.13. The first kappa shape index (κ1) is 13.6. The molecule has 4 nitrogen and oxygen atoms in total. The van der Waals surface area contributed by atoms with E-state index in [-0.39, 0.29) is 0 Å². The SMILES string of the molecule is CCOc1cc(N2CCN(C)c3ccccc32)ccc1N. The molecule has 1 aliphatic heterocycles. The summed E-state index contributed by atoms with van der Waals surface area (Å²) in [5, 5.41) is 0. The van der Waals surface area contributed by atoms with Gasteiger partial charge in [0.25, 0.3) is 0 Å². The van der Waals surface area contributed by atoms with Crippen LogP contribution < -0.4 is 20.3 Å². The van der Waals surface area contributed by atoms with Crippen molar-refractivity contribution >= 4 is 22.7 Å². The number of hydrogen-bond acceptors (Lipinski definition) is 4. The number of para-hydroxylation sites is 2. The Hall–Kier alpha value is -2.36. The number of anilines is 4. The molecule has 0 fully saturated rings. The van der Waals surface area contributed by atoms with Crippen molar-refractivity contribution in [1.82, 2.24) is 0 Å². The molecule has 4 heteroatoms. The van der Waals surface area contributed by atoms with Gasteiger partial charge in [-0.1, -0.05) is 12.1 Å². The average molecular weight is 283 g/mol. The lowest BCUT2D eigenvalue weighted by Crippen LogP contribution is -2.36. The molecule has 2 aromatic carbocycles. The van der Waals surface area contributed by atoms with Gasteiger partial charge in [-0.05, 0) is 31.2 Å². The maximum atomic E-state index is 5.97. The Morgan fingerprint density at radius 1 is 1.10 bits per heavy atom. The number of nitrogen functional groups attached to an aromatic ring is 1. The van der Waals surface area contributed by atoms with Gasteiger partial charge in [0.1, 0.15) is 5.75 Å². The van der Waals surface area contributed by atoms with Crippen LogP contribution in [-0.2, 0) is 0 Å². The highest BCUT2D eigenvalue weighted by atomic mass is 16.5. The lowest BCUT2D eigenvalue weighted by Gasteiger charge is -2.37. The molecular formula is C17H21N3O. The number of fused-ring (bicyclic) bond motifs is 1. The van der Waals surface area contributed by atoms with E-state index >= 15 is 0 Å². The van der Waals surface area contributed by atoms with Crippen LogP contribution in [0.1, 0.15) is 6.92 Å². The van der Waals surface area contributed by atoms with E-state index in [4.69, 9.17) is 10.5 Å². The van der Waals surface area contributed by atoms with Crippen LogP contribution in [0, 0.1) is 0 Å². The molecule has 0 amide bonds. The molecule has 0 unspecified atom stereocenters. The Kier molecular flexibility index (Phi) is 3.60. The third-order valence-electron chi connectivity index (χ3n) is 3.85. The second-order valence-electron chi connectivity index (χ2n) is 5.22. The van der Waals surface area contributed by atoms with Crippen LogP contribution in [0.5, 0.6) is 5.75 Å². The highest BCUT2D eigenvalue weighted by Gasteiger charge is 2.21. The summed E-state index contributed by atoms with van der Waals surface area (Å²) in [6.07, 6.45) is 0. The summed E-state index contributed by atoms with van der Waals surface area (Å²) in [4.78, 5) is 4.60. The molecule has 0 saturated heterocycles. The fourth-order valence-corrected chi connectivity index (χ4v) is 2.75. The molecule has 3 rings (SSSR count). The first-order valence-corrected chi connectivity index (χ1v) is 7.30. The summed E-state index contributed by atoms with van der Waals surface area (Å²) in [5.74, 6) is 0.756.